The SMILES string of the molecule is CC(C)(C)N(Cc1ccccn1)C(=O)c1ccco1. The highest BCUT2D eigenvalue weighted by Gasteiger charge is 2.29. The van der Waals surface area contributed by atoms with Gasteiger partial charge in [-0.2, -0.15) is 0 Å². The summed E-state index contributed by atoms with van der Waals surface area (Å²) in [7, 11) is 0. The lowest BCUT2D eigenvalue weighted by molar-refractivity contribution is 0.0522. The maximum atomic E-state index is 12.5. The molecule has 2 rings (SSSR count). The van der Waals surface area contributed by atoms with Gasteiger partial charge >= 0.3 is 0 Å². The fraction of sp³-hybridized carbons (Fsp3) is 0.333. The van der Waals surface area contributed by atoms with E-state index in [1.54, 1.807) is 23.2 Å². The molecule has 0 N–H and O–H groups in total. The van der Waals surface area contributed by atoms with Gasteiger partial charge in [0.05, 0.1) is 18.5 Å². The number of carbonyl (C=O) groups is 1. The van der Waals surface area contributed by atoms with E-state index in [1.807, 2.05) is 39.0 Å². The summed E-state index contributed by atoms with van der Waals surface area (Å²) >= 11 is 0. The van der Waals surface area contributed by atoms with Gasteiger partial charge in [-0.05, 0) is 45.0 Å². The van der Waals surface area contributed by atoms with Crippen LogP contribution in [0.15, 0.2) is 47.2 Å². The molecule has 0 atom stereocenters. The highest BCUT2D eigenvalue weighted by molar-refractivity contribution is 5.91. The van der Waals surface area contributed by atoms with Crippen molar-refractivity contribution in [2.24, 2.45) is 0 Å². The summed E-state index contributed by atoms with van der Waals surface area (Å²) in [6.07, 6.45) is 3.24. The lowest BCUT2D eigenvalue weighted by Gasteiger charge is -2.34. The molecule has 19 heavy (non-hydrogen) atoms. The third-order valence-electron chi connectivity index (χ3n) is 2.83. The molecule has 0 aliphatic heterocycles. The maximum Gasteiger partial charge on any atom is 0.290 e. The molecule has 0 saturated carbocycles. The Balaban J connectivity index is 2.25. The van der Waals surface area contributed by atoms with Crippen LogP contribution < -0.4 is 0 Å². The van der Waals surface area contributed by atoms with Gasteiger partial charge in [0.1, 0.15) is 0 Å². The van der Waals surface area contributed by atoms with Crippen molar-refractivity contribution < 1.29 is 9.21 Å². The zero-order valence-electron chi connectivity index (χ0n) is 11.5. The van der Waals surface area contributed by atoms with Gasteiger partial charge in [0.2, 0.25) is 0 Å². The Morgan fingerprint density at radius 2 is 2.05 bits per heavy atom. The first-order valence-electron chi connectivity index (χ1n) is 6.24. The van der Waals surface area contributed by atoms with Crippen molar-refractivity contribution in [2.45, 2.75) is 32.9 Å². The number of pyridine rings is 1. The molecule has 0 fully saturated rings. The van der Waals surface area contributed by atoms with Crippen molar-refractivity contribution in [3.8, 4) is 0 Å². The number of hydrogen-bond acceptors (Lipinski definition) is 3. The minimum atomic E-state index is -0.304. The van der Waals surface area contributed by atoms with Gasteiger partial charge in [-0.25, -0.2) is 0 Å². The van der Waals surface area contributed by atoms with Crippen LogP contribution in [0, 0.1) is 0 Å². The molecule has 2 heterocycles. The average Bonchev–Trinajstić information content (AvgIpc) is 2.89. The molecular weight excluding hydrogens is 240 g/mol. The molecule has 0 saturated heterocycles. The lowest BCUT2D eigenvalue weighted by Crippen LogP contribution is -2.45. The Hall–Kier alpha value is -2.10. The summed E-state index contributed by atoms with van der Waals surface area (Å²) < 4.78 is 5.20. The molecule has 1 amide bonds. The van der Waals surface area contributed by atoms with E-state index >= 15 is 0 Å². The summed E-state index contributed by atoms with van der Waals surface area (Å²) in [5, 5.41) is 0. The monoisotopic (exact) mass is 258 g/mol. The zero-order valence-corrected chi connectivity index (χ0v) is 11.5. The van der Waals surface area contributed by atoms with Gasteiger partial charge in [0.15, 0.2) is 5.76 Å². The van der Waals surface area contributed by atoms with Gasteiger partial charge in [-0.15, -0.1) is 0 Å². The van der Waals surface area contributed by atoms with Crippen molar-refractivity contribution in [1.29, 1.82) is 0 Å². The molecule has 0 spiro atoms. The Morgan fingerprint density at radius 1 is 1.26 bits per heavy atom. The van der Waals surface area contributed by atoms with Crippen molar-refractivity contribution in [1.82, 2.24) is 9.88 Å². The Morgan fingerprint density at radius 3 is 2.58 bits per heavy atom. The van der Waals surface area contributed by atoms with Crippen LogP contribution in [0.2, 0.25) is 0 Å². The predicted molar refractivity (Wildman–Crippen MR) is 72.6 cm³/mol. The quantitative estimate of drug-likeness (QED) is 0.849. The molecule has 0 bridgehead atoms. The van der Waals surface area contributed by atoms with Crippen LogP contribution in [0.1, 0.15) is 37.0 Å². The van der Waals surface area contributed by atoms with E-state index in [2.05, 4.69) is 4.98 Å². The number of hydrogen-bond donors (Lipinski definition) is 0. The van der Waals surface area contributed by atoms with Gasteiger partial charge in [0.25, 0.3) is 5.91 Å². The van der Waals surface area contributed by atoms with Crippen molar-refractivity contribution in [3.05, 3.63) is 54.2 Å². The third-order valence-corrected chi connectivity index (χ3v) is 2.83. The van der Waals surface area contributed by atoms with E-state index in [1.165, 1.54) is 6.26 Å². The first kappa shape index (κ1) is 13.3. The number of carbonyl (C=O) groups excluding carboxylic acids is 1. The van der Waals surface area contributed by atoms with Crippen LogP contribution in [0.25, 0.3) is 0 Å². The van der Waals surface area contributed by atoms with Crippen molar-refractivity contribution in [3.63, 3.8) is 0 Å². The average molecular weight is 258 g/mol. The van der Waals surface area contributed by atoms with E-state index in [-0.39, 0.29) is 11.4 Å². The Labute approximate surface area is 113 Å². The highest BCUT2D eigenvalue weighted by atomic mass is 16.3. The van der Waals surface area contributed by atoms with Gasteiger partial charge in [0, 0.05) is 11.7 Å². The number of aromatic nitrogens is 1. The van der Waals surface area contributed by atoms with Crippen LogP contribution in [0.3, 0.4) is 0 Å². The molecule has 2 aromatic rings. The number of rotatable bonds is 3. The predicted octanol–water partition coefficient (Wildman–Crippen LogP) is 3.12. The van der Waals surface area contributed by atoms with Gasteiger partial charge < -0.3 is 9.32 Å². The van der Waals surface area contributed by atoms with Crippen molar-refractivity contribution in [2.75, 3.05) is 0 Å². The van der Waals surface area contributed by atoms with Gasteiger partial charge in [-0.3, -0.25) is 9.78 Å². The second kappa shape index (κ2) is 5.26. The first-order chi connectivity index (χ1) is 8.98. The van der Waals surface area contributed by atoms with E-state index in [9.17, 15) is 4.79 Å². The topological polar surface area (TPSA) is 46.3 Å². The molecule has 0 aliphatic carbocycles. The molecular formula is C15H18N2O2. The normalized spacial score (nSPS) is 11.3. The van der Waals surface area contributed by atoms with Crippen LogP contribution >= 0.6 is 0 Å². The molecule has 4 nitrogen and oxygen atoms in total. The zero-order chi connectivity index (χ0) is 13.9. The van der Waals surface area contributed by atoms with Gasteiger partial charge in [-0.1, -0.05) is 6.07 Å². The first-order valence-corrected chi connectivity index (χ1v) is 6.24. The molecule has 2 aromatic heterocycles. The smallest absolute Gasteiger partial charge is 0.290 e. The van der Waals surface area contributed by atoms with E-state index < -0.39 is 0 Å². The van der Waals surface area contributed by atoms with Crippen LogP contribution in [-0.4, -0.2) is 21.3 Å². The van der Waals surface area contributed by atoms with Crippen molar-refractivity contribution >= 4 is 5.91 Å². The minimum Gasteiger partial charge on any atom is -0.459 e. The lowest BCUT2D eigenvalue weighted by atomic mass is 10.0. The Kier molecular flexibility index (Phi) is 3.69. The fourth-order valence-electron chi connectivity index (χ4n) is 1.80. The van der Waals surface area contributed by atoms with Crippen LogP contribution in [-0.2, 0) is 6.54 Å². The summed E-state index contributed by atoms with van der Waals surface area (Å²) in [5.41, 5.74) is 0.554. The second-order valence-electron chi connectivity index (χ2n) is 5.36. The molecule has 0 aliphatic rings. The van der Waals surface area contributed by atoms with Crippen LogP contribution in [0.4, 0.5) is 0 Å². The van der Waals surface area contributed by atoms with E-state index in [0.29, 0.717) is 12.3 Å². The molecule has 0 aromatic carbocycles. The Bertz CT molecular complexity index is 527. The largest absolute Gasteiger partial charge is 0.459 e. The summed E-state index contributed by atoms with van der Waals surface area (Å²) in [4.78, 5) is 18.5. The summed E-state index contributed by atoms with van der Waals surface area (Å²) in [5.74, 6) is 0.231. The molecule has 100 valence electrons. The highest BCUT2D eigenvalue weighted by Crippen LogP contribution is 2.20. The summed E-state index contributed by atoms with van der Waals surface area (Å²) in [6, 6.07) is 9.09. The third kappa shape index (κ3) is 3.22. The molecule has 4 heteroatoms. The maximum absolute atomic E-state index is 12.5. The number of amides is 1. The number of nitrogens with zero attached hydrogens (tertiary/aromatic N) is 2. The number of furan rings is 1. The molecule has 0 unspecified atom stereocenters. The molecule has 0 radical (unpaired) electrons. The summed E-state index contributed by atoms with van der Waals surface area (Å²) in [6.45, 7) is 6.45. The van der Waals surface area contributed by atoms with E-state index in [4.69, 9.17) is 4.42 Å². The minimum absolute atomic E-state index is 0.122. The van der Waals surface area contributed by atoms with E-state index in [0.717, 1.165) is 5.69 Å². The second-order valence-corrected chi connectivity index (χ2v) is 5.36. The fourth-order valence-corrected chi connectivity index (χ4v) is 1.80. The standard InChI is InChI=1S/C15H18N2O2/c1-15(2,3)17(11-12-7-4-5-9-16-12)14(18)13-8-6-10-19-13/h4-10H,11H2,1-3H3. The van der Waals surface area contributed by atoms with Crippen LogP contribution in [0.5, 0.6) is 0 Å².